The number of pyridine rings is 1. The minimum atomic E-state index is -0.215. The Labute approximate surface area is 207 Å². The second kappa shape index (κ2) is 12.7. The summed E-state index contributed by atoms with van der Waals surface area (Å²) in [6.45, 7) is 2.14. The summed E-state index contributed by atoms with van der Waals surface area (Å²) < 4.78 is 6.10. The number of hydrogen-bond donors (Lipinski definition) is 3. The van der Waals surface area contributed by atoms with Crippen molar-refractivity contribution in [2.24, 2.45) is 0 Å². The highest BCUT2D eigenvalue weighted by atomic mass is 79.9. The van der Waals surface area contributed by atoms with E-state index in [0.29, 0.717) is 29.5 Å². The van der Waals surface area contributed by atoms with Crippen LogP contribution in [0.3, 0.4) is 0 Å². The van der Waals surface area contributed by atoms with Crippen molar-refractivity contribution in [3.8, 4) is 0 Å². The van der Waals surface area contributed by atoms with E-state index >= 15 is 0 Å². The molecule has 0 radical (unpaired) electrons. The molecule has 1 aliphatic rings. The fourth-order valence-corrected chi connectivity index (χ4v) is 3.62. The summed E-state index contributed by atoms with van der Waals surface area (Å²) in [6.07, 6.45) is 9.07. The van der Waals surface area contributed by atoms with Crippen molar-refractivity contribution in [2.75, 3.05) is 32.1 Å². The molecule has 1 fully saturated rings. The SMILES string of the molecule is COC(/C=C\CNC(=O)c1ccc(C(=N)N2CCCC2)cc1)=C/CC(=O)Nc1ccc(Br)cn1. The molecule has 1 saturated heterocycles. The van der Waals surface area contributed by atoms with Crippen LogP contribution in [0.15, 0.2) is 71.1 Å². The van der Waals surface area contributed by atoms with Crippen LogP contribution in [0.5, 0.6) is 0 Å². The van der Waals surface area contributed by atoms with Gasteiger partial charge in [0.2, 0.25) is 5.91 Å². The number of rotatable bonds is 9. The number of methoxy groups -OCH3 is 1. The number of anilines is 1. The smallest absolute Gasteiger partial charge is 0.251 e. The second-order valence-electron chi connectivity index (χ2n) is 7.66. The van der Waals surface area contributed by atoms with Crippen molar-refractivity contribution >= 4 is 39.4 Å². The Bertz CT molecular complexity index is 1060. The van der Waals surface area contributed by atoms with Crippen molar-refractivity contribution in [1.82, 2.24) is 15.2 Å². The van der Waals surface area contributed by atoms with E-state index in [1.54, 1.807) is 48.7 Å². The number of allylic oxidation sites excluding steroid dienone is 1. The first-order chi connectivity index (χ1) is 16.5. The summed E-state index contributed by atoms with van der Waals surface area (Å²) in [7, 11) is 1.52. The van der Waals surface area contributed by atoms with Crippen molar-refractivity contribution in [3.63, 3.8) is 0 Å². The summed E-state index contributed by atoms with van der Waals surface area (Å²) in [4.78, 5) is 30.6. The lowest BCUT2D eigenvalue weighted by atomic mass is 10.1. The zero-order valence-corrected chi connectivity index (χ0v) is 20.6. The maximum Gasteiger partial charge on any atom is 0.251 e. The summed E-state index contributed by atoms with van der Waals surface area (Å²) >= 11 is 3.30. The predicted molar refractivity (Wildman–Crippen MR) is 136 cm³/mol. The molecule has 1 aliphatic heterocycles. The molecule has 0 unspecified atom stereocenters. The fourth-order valence-electron chi connectivity index (χ4n) is 3.39. The molecule has 0 aliphatic carbocycles. The van der Waals surface area contributed by atoms with Crippen LogP contribution < -0.4 is 10.6 Å². The zero-order valence-electron chi connectivity index (χ0n) is 19.0. The number of amides is 2. The Balaban J connectivity index is 1.44. The number of aromatic nitrogens is 1. The number of carbonyl (C=O) groups is 2. The Morgan fingerprint density at radius 3 is 2.50 bits per heavy atom. The highest BCUT2D eigenvalue weighted by molar-refractivity contribution is 9.10. The van der Waals surface area contributed by atoms with Gasteiger partial charge in [0.05, 0.1) is 7.11 Å². The van der Waals surface area contributed by atoms with Crippen molar-refractivity contribution < 1.29 is 14.3 Å². The van der Waals surface area contributed by atoms with Gasteiger partial charge in [-0.05, 0) is 65.2 Å². The normalized spacial score (nSPS) is 13.7. The topological polar surface area (TPSA) is 107 Å². The maximum atomic E-state index is 12.4. The van der Waals surface area contributed by atoms with Crippen molar-refractivity contribution in [3.05, 3.63) is 82.2 Å². The van der Waals surface area contributed by atoms with E-state index in [9.17, 15) is 9.59 Å². The summed E-state index contributed by atoms with van der Waals surface area (Å²) in [5.74, 6) is 1.08. The molecule has 2 heterocycles. The fraction of sp³-hybridized carbons (Fsp3) is 0.280. The number of halogens is 1. The standard InChI is InChI=1S/C25H28BrN5O3/c1-34-21(11-13-23(32)30-22-12-10-20(26)17-29-22)5-4-14-28-25(33)19-8-6-18(7-9-19)24(27)31-15-2-3-16-31/h4-12,17,27H,2-3,13-16H2,1H3,(H,28,33)(H,29,30,32)/b5-4-,21-11+,27-24?. The Morgan fingerprint density at radius 2 is 1.85 bits per heavy atom. The van der Waals surface area contributed by atoms with Gasteiger partial charge in [0.25, 0.3) is 5.91 Å². The van der Waals surface area contributed by atoms with Crippen LogP contribution in [-0.4, -0.2) is 54.3 Å². The Kier molecular flexibility index (Phi) is 9.40. The Morgan fingerprint density at radius 1 is 1.15 bits per heavy atom. The predicted octanol–water partition coefficient (Wildman–Crippen LogP) is 4.11. The number of likely N-dealkylation sites (tertiary alicyclic amines) is 1. The molecular weight excluding hydrogens is 498 g/mol. The Hall–Kier alpha value is -3.46. The monoisotopic (exact) mass is 525 g/mol. The van der Waals surface area contributed by atoms with Crippen LogP contribution in [0, 0.1) is 5.41 Å². The van der Waals surface area contributed by atoms with E-state index in [1.807, 2.05) is 12.1 Å². The number of benzene rings is 1. The molecular formula is C25H28BrN5O3. The van der Waals surface area contributed by atoms with E-state index in [0.717, 1.165) is 36.0 Å². The largest absolute Gasteiger partial charge is 0.497 e. The zero-order chi connectivity index (χ0) is 24.3. The minimum Gasteiger partial charge on any atom is -0.497 e. The minimum absolute atomic E-state index is 0.121. The molecule has 3 rings (SSSR count). The van der Waals surface area contributed by atoms with Gasteiger partial charge in [0.1, 0.15) is 17.4 Å². The molecule has 1 aromatic heterocycles. The van der Waals surface area contributed by atoms with Gasteiger partial charge in [-0.15, -0.1) is 0 Å². The second-order valence-corrected chi connectivity index (χ2v) is 8.57. The van der Waals surface area contributed by atoms with E-state index < -0.39 is 0 Å². The molecule has 1 aromatic carbocycles. The number of amidine groups is 1. The number of nitrogens with zero attached hydrogens (tertiary/aromatic N) is 2. The maximum absolute atomic E-state index is 12.4. The van der Waals surface area contributed by atoms with E-state index in [4.69, 9.17) is 10.1 Å². The summed E-state index contributed by atoms with van der Waals surface area (Å²) in [5.41, 5.74) is 1.35. The third-order valence-electron chi connectivity index (χ3n) is 5.22. The molecule has 0 spiro atoms. The van der Waals surface area contributed by atoms with E-state index in [1.165, 1.54) is 7.11 Å². The average molecular weight is 526 g/mol. The first-order valence-electron chi connectivity index (χ1n) is 11.0. The van der Waals surface area contributed by atoms with Crippen LogP contribution in [0.1, 0.15) is 35.2 Å². The van der Waals surface area contributed by atoms with Gasteiger partial charge >= 0.3 is 0 Å². The van der Waals surface area contributed by atoms with Crippen LogP contribution in [-0.2, 0) is 9.53 Å². The van der Waals surface area contributed by atoms with Gasteiger partial charge < -0.3 is 20.3 Å². The van der Waals surface area contributed by atoms with Gasteiger partial charge in [-0.25, -0.2) is 4.98 Å². The molecule has 0 saturated carbocycles. The summed E-state index contributed by atoms with van der Waals surface area (Å²) in [5, 5.41) is 13.8. The lowest BCUT2D eigenvalue weighted by Crippen LogP contribution is -2.28. The summed E-state index contributed by atoms with van der Waals surface area (Å²) in [6, 6.07) is 10.6. The molecule has 2 aromatic rings. The van der Waals surface area contributed by atoms with Gasteiger partial charge in [-0.3, -0.25) is 15.0 Å². The number of ether oxygens (including phenoxy) is 1. The first-order valence-corrected chi connectivity index (χ1v) is 11.8. The molecule has 9 heteroatoms. The van der Waals surface area contributed by atoms with Gasteiger partial charge in [-0.1, -0.05) is 18.2 Å². The molecule has 8 nitrogen and oxygen atoms in total. The molecule has 3 N–H and O–H groups in total. The molecule has 0 bridgehead atoms. The highest BCUT2D eigenvalue weighted by Crippen LogP contribution is 2.14. The van der Waals surface area contributed by atoms with Crippen LogP contribution in [0.4, 0.5) is 5.82 Å². The quantitative estimate of drug-likeness (QED) is 0.197. The van der Waals surface area contributed by atoms with E-state index in [-0.39, 0.29) is 18.2 Å². The lowest BCUT2D eigenvalue weighted by molar-refractivity contribution is -0.115. The van der Waals surface area contributed by atoms with Crippen LogP contribution >= 0.6 is 15.9 Å². The third-order valence-corrected chi connectivity index (χ3v) is 5.69. The third kappa shape index (κ3) is 7.55. The van der Waals surface area contributed by atoms with Crippen LogP contribution in [0.25, 0.3) is 0 Å². The number of hydrogen-bond acceptors (Lipinski definition) is 5. The van der Waals surface area contributed by atoms with E-state index in [2.05, 4.69) is 36.4 Å². The molecule has 178 valence electrons. The van der Waals surface area contributed by atoms with Gasteiger partial charge in [-0.2, -0.15) is 0 Å². The van der Waals surface area contributed by atoms with Crippen molar-refractivity contribution in [2.45, 2.75) is 19.3 Å². The van der Waals surface area contributed by atoms with Crippen LogP contribution in [0.2, 0.25) is 0 Å². The highest BCUT2D eigenvalue weighted by Gasteiger charge is 2.16. The molecule has 0 atom stereocenters. The lowest BCUT2D eigenvalue weighted by Gasteiger charge is -2.18. The van der Waals surface area contributed by atoms with Gasteiger partial charge in [0, 0.05) is 47.9 Å². The first kappa shape index (κ1) is 25.2. The number of nitrogens with one attached hydrogen (secondary N) is 3. The van der Waals surface area contributed by atoms with Gasteiger partial charge in [0.15, 0.2) is 0 Å². The molecule has 34 heavy (non-hydrogen) atoms. The molecule has 2 amide bonds. The van der Waals surface area contributed by atoms with Crippen molar-refractivity contribution in [1.29, 1.82) is 5.41 Å². The number of carbonyl (C=O) groups excluding carboxylic acids is 2. The average Bonchev–Trinajstić information content (AvgIpc) is 3.39.